The van der Waals surface area contributed by atoms with E-state index in [9.17, 15) is 40.9 Å². The molecule has 39 heavy (non-hydrogen) atoms. The van der Waals surface area contributed by atoms with E-state index in [-0.39, 0.29) is 6.54 Å². The molecule has 0 spiro atoms. The summed E-state index contributed by atoms with van der Waals surface area (Å²) >= 11 is 0. The van der Waals surface area contributed by atoms with Gasteiger partial charge in [0.25, 0.3) is 0 Å². The first-order valence-corrected chi connectivity index (χ1v) is 15.1. The molecule has 234 valence electrons. The highest BCUT2D eigenvalue weighted by molar-refractivity contribution is 4.91. The Bertz CT molecular complexity index is 572. The highest BCUT2D eigenvalue weighted by Gasteiger charge is 2.46. The van der Waals surface area contributed by atoms with Crippen LogP contribution in [0.3, 0.4) is 0 Å². The molecule has 11 nitrogen and oxygen atoms in total. The fourth-order valence-corrected chi connectivity index (χ4v) is 4.87. The maximum absolute atomic E-state index is 10.6. The zero-order valence-corrected chi connectivity index (χ0v) is 23.8. The van der Waals surface area contributed by atoms with Crippen molar-refractivity contribution in [3.8, 4) is 0 Å². The van der Waals surface area contributed by atoms with E-state index in [1.807, 2.05) is 0 Å². The summed E-state index contributed by atoms with van der Waals surface area (Å²) in [5.41, 5.74) is 0. The van der Waals surface area contributed by atoms with Crippen molar-refractivity contribution in [1.29, 1.82) is 0 Å². The smallest absolute Gasteiger partial charge is 0.187 e. The third-order valence-electron chi connectivity index (χ3n) is 7.50. The molecular weight excluding hydrogens is 510 g/mol. The standard InChI is InChI=1S/C28H57NO10/c1-2-3-4-5-6-7-8-9-10-11-12-13-14-15-16-29-17-20(32)23(34)27(21(33)18-30)39-28-26(37)25(36)24(35)22(19-31)38-28/h20-37H,2-19H2,1H3/t20?,21?,22-,23?,24+,25+,26-,27?,28+/m1/s1. The van der Waals surface area contributed by atoms with E-state index in [1.54, 1.807) is 0 Å². The molecule has 1 aliphatic rings. The third-order valence-corrected chi connectivity index (χ3v) is 7.50. The Morgan fingerprint density at radius 1 is 0.692 bits per heavy atom. The lowest BCUT2D eigenvalue weighted by Gasteiger charge is -2.42. The summed E-state index contributed by atoms with van der Waals surface area (Å²) in [5.74, 6) is 0. The van der Waals surface area contributed by atoms with Gasteiger partial charge in [0.1, 0.15) is 42.7 Å². The zero-order chi connectivity index (χ0) is 29.0. The molecular formula is C28H57NO10. The first kappa shape index (κ1) is 36.6. The molecule has 1 heterocycles. The van der Waals surface area contributed by atoms with Gasteiger partial charge in [0.05, 0.1) is 19.3 Å². The van der Waals surface area contributed by atoms with Crippen molar-refractivity contribution in [3.63, 3.8) is 0 Å². The lowest BCUT2D eigenvalue weighted by Crippen LogP contribution is -2.61. The predicted molar refractivity (Wildman–Crippen MR) is 147 cm³/mol. The first-order valence-electron chi connectivity index (χ1n) is 15.1. The van der Waals surface area contributed by atoms with Gasteiger partial charge in [-0.05, 0) is 13.0 Å². The number of aliphatic hydroxyl groups excluding tert-OH is 8. The number of hydrogen-bond donors (Lipinski definition) is 9. The van der Waals surface area contributed by atoms with Crippen molar-refractivity contribution in [3.05, 3.63) is 0 Å². The topological polar surface area (TPSA) is 192 Å². The van der Waals surface area contributed by atoms with Gasteiger partial charge in [0.15, 0.2) is 6.29 Å². The Morgan fingerprint density at radius 2 is 1.21 bits per heavy atom. The molecule has 0 saturated carbocycles. The Balaban J connectivity index is 2.23. The van der Waals surface area contributed by atoms with Gasteiger partial charge in [-0.25, -0.2) is 0 Å². The number of hydrogen-bond acceptors (Lipinski definition) is 11. The van der Waals surface area contributed by atoms with Gasteiger partial charge < -0.3 is 55.6 Å². The molecule has 1 saturated heterocycles. The summed E-state index contributed by atoms with van der Waals surface area (Å²) in [6.45, 7) is 1.41. The second-order valence-corrected chi connectivity index (χ2v) is 10.9. The first-order chi connectivity index (χ1) is 18.8. The van der Waals surface area contributed by atoms with Gasteiger partial charge in [-0.3, -0.25) is 0 Å². The van der Waals surface area contributed by atoms with Crippen LogP contribution in [0, 0.1) is 0 Å². The van der Waals surface area contributed by atoms with E-state index in [1.165, 1.54) is 70.6 Å². The molecule has 1 aliphatic heterocycles. The van der Waals surface area contributed by atoms with Gasteiger partial charge >= 0.3 is 0 Å². The van der Waals surface area contributed by atoms with Crippen LogP contribution >= 0.6 is 0 Å². The van der Waals surface area contributed by atoms with Gasteiger partial charge in [-0.1, -0.05) is 90.4 Å². The van der Waals surface area contributed by atoms with Crippen LogP contribution < -0.4 is 5.32 Å². The van der Waals surface area contributed by atoms with Crippen LogP contribution in [-0.2, 0) is 9.47 Å². The lowest BCUT2D eigenvalue weighted by molar-refractivity contribution is -0.327. The number of ether oxygens (including phenoxy) is 2. The number of rotatable bonds is 24. The Kier molecular flexibility index (Phi) is 20.8. The van der Waals surface area contributed by atoms with E-state index in [2.05, 4.69) is 12.2 Å². The summed E-state index contributed by atoms with van der Waals surface area (Å²) in [4.78, 5) is 0. The number of aliphatic hydroxyl groups is 8. The highest BCUT2D eigenvalue weighted by Crippen LogP contribution is 2.25. The molecule has 1 rings (SSSR count). The summed E-state index contributed by atoms with van der Waals surface area (Å²) in [6, 6.07) is 0. The monoisotopic (exact) mass is 567 g/mol. The van der Waals surface area contributed by atoms with E-state index >= 15 is 0 Å². The van der Waals surface area contributed by atoms with Crippen molar-refractivity contribution in [1.82, 2.24) is 5.32 Å². The molecule has 11 heteroatoms. The average molecular weight is 568 g/mol. The average Bonchev–Trinajstić information content (AvgIpc) is 2.94. The van der Waals surface area contributed by atoms with Crippen molar-refractivity contribution in [2.45, 2.75) is 152 Å². The Morgan fingerprint density at radius 3 is 1.69 bits per heavy atom. The van der Waals surface area contributed by atoms with Crippen LogP contribution in [0.5, 0.6) is 0 Å². The van der Waals surface area contributed by atoms with E-state index < -0.39 is 68.3 Å². The molecule has 0 aliphatic carbocycles. The normalized spacial score (nSPS) is 26.8. The van der Waals surface area contributed by atoms with Crippen LogP contribution in [0.2, 0.25) is 0 Å². The predicted octanol–water partition coefficient (Wildman–Crippen LogP) is 0.317. The minimum atomic E-state index is -1.75. The third kappa shape index (κ3) is 14.3. The maximum atomic E-state index is 10.6. The van der Waals surface area contributed by atoms with E-state index in [0.717, 1.165) is 19.3 Å². The van der Waals surface area contributed by atoms with Gasteiger partial charge in [0.2, 0.25) is 0 Å². The number of nitrogens with one attached hydrogen (secondary N) is 1. The largest absolute Gasteiger partial charge is 0.394 e. The molecule has 0 amide bonds. The van der Waals surface area contributed by atoms with Crippen LogP contribution in [0.15, 0.2) is 0 Å². The minimum absolute atomic E-state index is 0.00625. The van der Waals surface area contributed by atoms with Crippen molar-refractivity contribution in [2.75, 3.05) is 26.3 Å². The fourth-order valence-electron chi connectivity index (χ4n) is 4.87. The van der Waals surface area contributed by atoms with Gasteiger partial charge in [-0.2, -0.15) is 0 Å². The van der Waals surface area contributed by atoms with Crippen LogP contribution in [-0.4, -0.2) is 122 Å². The second-order valence-electron chi connectivity index (χ2n) is 10.9. The molecule has 0 radical (unpaired) electrons. The molecule has 9 N–H and O–H groups in total. The summed E-state index contributed by atoms with van der Waals surface area (Å²) in [6.07, 6.45) is 3.54. The second kappa shape index (κ2) is 22.2. The highest BCUT2D eigenvalue weighted by atomic mass is 16.7. The molecule has 9 atom stereocenters. The molecule has 0 aromatic carbocycles. The van der Waals surface area contributed by atoms with Gasteiger partial charge in [-0.15, -0.1) is 0 Å². The molecule has 0 aromatic heterocycles. The minimum Gasteiger partial charge on any atom is -0.394 e. The molecule has 1 fully saturated rings. The lowest BCUT2D eigenvalue weighted by atomic mass is 9.98. The quantitative estimate of drug-likeness (QED) is 0.0730. The Labute approximate surface area is 234 Å². The summed E-state index contributed by atoms with van der Waals surface area (Å²) in [5, 5.41) is 82.9. The zero-order valence-electron chi connectivity index (χ0n) is 23.8. The van der Waals surface area contributed by atoms with Crippen LogP contribution in [0.4, 0.5) is 0 Å². The summed E-state index contributed by atoms with van der Waals surface area (Å²) < 4.78 is 10.7. The molecule has 0 bridgehead atoms. The molecule has 4 unspecified atom stereocenters. The van der Waals surface area contributed by atoms with Crippen LogP contribution in [0.25, 0.3) is 0 Å². The summed E-state index contributed by atoms with van der Waals surface area (Å²) in [7, 11) is 0. The SMILES string of the molecule is CCCCCCCCCCCCCCCCNCC(O)C(O)C(O[C@@H]1O[C@H](CO)[C@H](O)[C@H](O)[C@H]1O)C(O)CO. The van der Waals surface area contributed by atoms with E-state index in [0.29, 0.717) is 6.54 Å². The van der Waals surface area contributed by atoms with E-state index in [4.69, 9.17) is 9.47 Å². The van der Waals surface area contributed by atoms with Crippen molar-refractivity contribution < 1.29 is 50.3 Å². The molecule has 0 aromatic rings. The number of unbranched alkanes of at least 4 members (excludes halogenated alkanes) is 13. The van der Waals surface area contributed by atoms with Gasteiger partial charge in [0, 0.05) is 6.54 Å². The Hall–Kier alpha value is -0.440. The fraction of sp³-hybridized carbons (Fsp3) is 1.00. The van der Waals surface area contributed by atoms with Crippen molar-refractivity contribution in [2.24, 2.45) is 0 Å². The van der Waals surface area contributed by atoms with Crippen LogP contribution in [0.1, 0.15) is 96.8 Å². The maximum Gasteiger partial charge on any atom is 0.187 e. The van der Waals surface area contributed by atoms with Crippen molar-refractivity contribution >= 4 is 0 Å².